The molecule has 1 aliphatic rings. The lowest BCUT2D eigenvalue weighted by Crippen LogP contribution is -2.24. The highest BCUT2D eigenvalue weighted by atomic mass is 32.2. The number of carbonyl (C=O) groups excluding carboxylic acids is 1. The van der Waals surface area contributed by atoms with Crippen molar-refractivity contribution in [3.63, 3.8) is 0 Å². The van der Waals surface area contributed by atoms with E-state index in [1.165, 1.54) is 11.1 Å². The fourth-order valence-corrected chi connectivity index (χ4v) is 3.32. The number of nitrogens with zero attached hydrogens (tertiary/aromatic N) is 2. The molecule has 0 saturated heterocycles. The number of carbonyl (C=O) groups is 1. The van der Waals surface area contributed by atoms with Crippen LogP contribution in [0.4, 0.5) is 0 Å². The number of hydrogen-bond donors (Lipinski definition) is 0. The zero-order chi connectivity index (χ0) is 15.8. The second-order valence-corrected chi connectivity index (χ2v) is 7.10. The van der Waals surface area contributed by atoms with E-state index in [1.807, 2.05) is 6.92 Å². The Bertz CT molecular complexity index is 716. The summed E-state index contributed by atoms with van der Waals surface area (Å²) >= 11 is 0. The average molecular weight is 306 g/mol. The van der Waals surface area contributed by atoms with Crippen LogP contribution in [-0.4, -0.2) is 44.2 Å². The van der Waals surface area contributed by atoms with Gasteiger partial charge in [0.1, 0.15) is 0 Å². The molecule has 0 fully saturated rings. The predicted molar refractivity (Wildman–Crippen MR) is 81.0 cm³/mol. The quantitative estimate of drug-likeness (QED) is 0.851. The first-order valence-corrected chi connectivity index (χ1v) is 7.87. The zero-order valence-corrected chi connectivity index (χ0v) is 13.1. The molecule has 6 heteroatoms. The van der Waals surface area contributed by atoms with Gasteiger partial charge in [0, 0.05) is 20.3 Å². The van der Waals surface area contributed by atoms with Crippen molar-refractivity contribution in [1.82, 2.24) is 9.21 Å². The molecule has 1 aromatic rings. The fourth-order valence-electron chi connectivity index (χ4n) is 2.00. The first-order chi connectivity index (χ1) is 9.73. The van der Waals surface area contributed by atoms with Gasteiger partial charge in [-0.05, 0) is 24.6 Å². The minimum atomic E-state index is -3.66. The molecule has 0 aliphatic carbocycles. The lowest BCUT2D eigenvalue weighted by molar-refractivity contribution is -0.124. The van der Waals surface area contributed by atoms with E-state index < -0.39 is 10.0 Å². The maximum absolute atomic E-state index is 12.5. The van der Waals surface area contributed by atoms with E-state index in [0.717, 1.165) is 9.87 Å². The maximum atomic E-state index is 12.5. The Morgan fingerprint density at radius 3 is 2.33 bits per heavy atom. The zero-order valence-electron chi connectivity index (χ0n) is 12.3. The number of hydrogen-bond acceptors (Lipinski definition) is 3. The predicted octanol–water partition coefficient (Wildman–Crippen LogP) is 1.53. The number of aryl methyl sites for hydroxylation is 1. The number of sulfonamides is 1. The molecule has 1 aromatic carbocycles. The molecule has 21 heavy (non-hydrogen) atoms. The minimum absolute atomic E-state index is 0.102. The van der Waals surface area contributed by atoms with Crippen LogP contribution in [0.5, 0.6) is 0 Å². The molecule has 0 N–H and O–H groups in total. The Morgan fingerprint density at radius 2 is 1.81 bits per heavy atom. The van der Waals surface area contributed by atoms with E-state index in [-0.39, 0.29) is 17.3 Å². The van der Waals surface area contributed by atoms with Crippen LogP contribution in [0, 0.1) is 6.92 Å². The summed E-state index contributed by atoms with van der Waals surface area (Å²) in [4.78, 5) is 13.6. The van der Waals surface area contributed by atoms with Gasteiger partial charge in [0.15, 0.2) is 0 Å². The Labute approximate surface area is 125 Å². The van der Waals surface area contributed by atoms with Crippen molar-refractivity contribution >= 4 is 15.9 Å². The molecule has 0 bridgehead atoms. The Kier molecular flexibility index (Phi) is 3.91. The van der Waals surface area contributed by atoms with Gasteiger partial charge < -0.3 is 4.90 Å². The highest BCUT2D eigenvalue weighted by Gasteiger charge is 2.31. The third-order valence-electron chi connectivity index (χ3n) is 3.26. The van der Waals surface area contributed by atoms with Crippen LogP contribution in [0.15, 0.2) is 53.1 Å². The second kappa shape index (κ2) is 5.37. The number of amides is 1. The minimum Gasteiger partial charge on any atom is -0.345 e. The number of benzene rings is 1. The van der Waals surface area contributed by atoms with E-state index >= 15 is 0 Å². The molecule has 0 atom stereocenters. The molecule has 2 rings (SSSR count). The average Bonchev–Trinajstić information content (AvgIpc) is 2.81. The molecule has 0 unspecified atom stereocenters. The van der Waals surface area contributed by atoms with E-state index in [4.69, 9.17) is 0 Å². The summed E-state index contributed by atoms with van der Waals surface area (Å²) < 4.78 is 26.3. The van der Waals surface area contributed by atoms with Gasteiger partial charge in [-0.2, -0.15) is 0 Å². The summed E-state index contributed by atoms with van der Waals surface area (Å²) in [6, 6.07) is 6.61. The SMILES string of the molecule is C=C1CN(S(=O)(=O)c2ccc(C)cc2)C=C1C(=O)N(C)C. The molecule has 112 valence electrons. The van der Waals surface area contributed by atoms with Crippen LogP contribution in [0.1, 0.15) is 5.56 Å². The van der Waals surface area contributed by atoms with E-state index in [2.05, 4.69) is 6.58 Å². The van der Waals surface area contributed by atoms with Crippen molar-refractivity contribution in [2.75, 3.05) is 20.6 Å². The lowest BCUT2D eigenvalue weighted by Gasteiger charge is -2.15. The van der Waals surface area contributed by atoms with Gasteiger partial charge in [0.25, 0.3) is 15.9 Å². The van der Waals surface area contributed by atoms with Crippen LogP contribution in [-0.2, 0) is 14.8 Å². The van der Waals surface area contributed by atoms with Crippen LogP contribution in [0.3, 0.4) is 0 Å². The van der Waals surface area contributed by atoms with Crippen molar-refractivity contribution in [3.8, 4) is 0 Å². The summed E-state index contributed by atoms with van der Waals surface area (Å²) in [6.07, 6.45) is 1.36. The maximum Gasteiger partial charge on any atom is 0.264 e. The van der Waals surface area contributed by atoms with Crippen LogP contribution >= 0.6 is 0 Å². The summed E-state index contributed by atoms with van der Waals surface area (Å²) in [5.74, 6) is -0.249. The van der Waals surface area contributed by atoms with Gasteiger partial charge in [-0.1, -0.05) is 24.3 Å². The molecule has 1 amide bonds. The lowest BCUT2D eigenvalue weighted by atomic mass is 10.1. The number of rotatable bonds is 3. The standard InChI is InChI=1S/C15H18N2O3S/c1-11-5-7-13(8-6-11)21(19,20)17-9-12(2)14(10-17)15(18)16(3)4/h5-8,10H,2,9H2,1,3-4H3. The fraction of sp³-hybridized carbons (Fsp3) is 0.267. The van der Waals surface area contributed by atoms with Gasteiger partial charge in [0.2, 0.25) is 0 Å². The Balaban J connectivity index is 2.37. The molecular weight excluding hydrogens is 288 g/mol. The Morgan fingerprint density at radius 1 is 1.24 bits per heavy atom. The highest BCUT2D eigenvalue weighted by Crippen LogP contribution is 2.27. The van der Waals surface area contributed by atoms with Crippen molar-refractivity contribution in [2.45, 2.75) is 11.8 Å². The molecule has 1 aliphatic heterocycles. The van der Waals surface area contributed by atoms with Gasteiger partial charge in [-0.15, -0.1) is 0 Å². The highest BCUT2D eigenvalue weighted by molar-refractivity contribution is 7.89. The van der Waals surface area contributed by atoms with Crippen molar-refractivity contribution in [1.29, 1.82) is 0 Å². The van der Waals surface area contributed by atoms with Gasteiger partial charge >= 0.3 is 0 Å². The summed E-state index contributed by atoms with van der Waals surface area (Å²) in [5.41, 5.74) is 1.82. The largest absolute Gasteiger partial charge is 0.345 e. The molecule has 0 saturated carbocycles. The van der Waals surface area contributed by atoms with Gasteiger partial charge in [0.05, 0.1) is 17.0 Å². The van der Waals surface area contributed by atoms with Crippen LogP contribution < -0.4 is 0 Å². The molecule has 5 nitrogen and oxygen atoms in total. The first kappa shape index (κ1) is 15.3. The summed E-state index contributed by atoms with van der Waals surface area (Å²) in [6.45, 7) is 5.78. The molecule has 1 heterocycles. The molecule has 0 aromatic heterocycles. The summed E-state index contributed by atoms with van der Waals surface area (Å²) in [5, 5.41) is 0. The first-order valence-electron chi connectivity index (χ1n) is 6.43. The van der Waals surface area contributed by atoms with Crippen LogP contribution in [0.2, 0.25) is 0 Å². The molecule has 0 radical (unpaired) electrons. The smallest absolute Gasteiger partial charge is 0.264 e. The molecule has 0 spiro atoms. The normalized spacial score (nSPS) is 15.1. The van der Waals surface area contributed by atoms with Crippen molar-refractivity contribution < 1.29 is 13.2 Å². The Hall–Kier alpha value is -2.08. The summed E-state index contributed by atoms with van der Waals surface area (Å²) in [7, 11) is -0.418. The third kappa shape index (κ3) is 2.85. The molecular formula is C15H18N2O3S. The van der Waals surface area contributed by atoms with Gasteiger partial charge in [-0.3, -0.25) is 9.10 Å². The van der Waals surface area contributed by atoms with E-state index in [0.29, 0.717) is 11.1 Å². The monoisotopic (exact) mass is 306 g/mol. The topological polar surface area (TPSA) is 57.7 Å². The van der Waals surface area contributed by atoms with Gasteiger partial charge in [-0.25, -0.2) is 8.42 Å². The van der Waals surface area contributed by atoms with Crippen LogP contribution in [0.25, 0.3) is 0 Å². The number of likely N-dealkylation sites (N-methyl/N-ethyl adjacent to an activating group) is 1. The van der Waals surface area contributed by atoms with E-state index in [9.17, 15) is 13.2 Å². The van der Waals surface area contributed by atoms with Crippen molar-refractivity contribution in [3.05, 3.63) is 53.8 Å². The third-order valence-corrected chi connectivity index (χ3v) is 4.98. The van der Waals surface area contributed by atoms with E-state index in [1.54, 1.807) is 38.4 Å². The van der Waals surface area contributed by atoms with Crippen molar-refractivity contribution in [2.24, 2.45) is 0 Å². The second-order valence-electron chi connectivity index (χ2n) is 5.21.